The van der Waals surface area contributed by atoms with Crippen molar-refractivity contribution in [1.29, 1.82) is 0 Å². The number of benzene rings is 1. The lowest BCUT2D eigenvalue weighted by Gasteiger charge is -2.36. The van der Waals surface area contributed by atoms with E-state index in [0.29, 0.717) is 18.7 Å². The normalized spacial score (nSPS) is 17.0. The minimum Gasteiger partial charge on any atom is -0.462 e. The number of para-hydroxylation sites is 1. The quantitative estimate of drug-likeness (QED) is 0.801. The molecule has 1 aliphatic rings. The highest BCUT2D eigenvalue weighted by Crippen LogP contribution is 2.33. The Morgan fingerprint density at radius 2 is 2.14 bits per heavy atom. The molecule has 1 unspecified atom stereocenters. The highest BCUT2D eigenvalue weighted by atomic mass is 16.5. The van der Waals surface area contributed by atoms with Gasteiger partial charge in [0, 0.05) is 36.6 Å². The Hall–Kier alpha value is -2.63. The van der Waals surface area contributed by atoms with Gasteiger partial charge in [-0.2, -0.15) is 0 Å². The number of amides is 1. The smallest absolute Gasteiger partial charge is 0.341 e. The van der Waals surface area contributed by atoms with E-state index in [1.54, 1.807) is 13.1 Å². The molecule has 1 aliphatic heterocycles. The molecule has 2 aromatic rings. The average Bonchev–Trinajstić information content (AvgIpc) is 2.67. The molecule has 0 radical (unpaired) electrons. The molecule has 0 spiro atoms. The van der Waals surface area contributed by atoms with E-state index in [1.807, 2.05) is 39.0 Å². The summed E-state index contributed by atoms with van der Waals surface area (Å²) in [5.74, 6) is -0.343. The number of carbonyl (C=O) groups is 2. The van der Waals surface area contributed by atoms with Gasteiger partial charge in [0.15, 0.2) is 0 Å². The molecule has 3 rings (SSSR count). The maximum atomic E-state index is 12.6. The lowest BCUT2D eigenvalue weighted by Crippen LogP contribution is -2.49. The zero-order chi connectivity index (χ0) is 20.3. The van der Waals surface area contributed by atoms with Crippen LogP contribution >= 0.6 is 0 Å². The third-order valence-corrected chi connectivity index (χ3v) is 5.17. The summed E-state index contributed by atoms with van der Waals surface area (Å²) in [6.07, 6.45) is 3.51. The standard InChI is InChI=1S/C22H29N3O3/c1-5-28-22(27)18-12-23-19-15(4)8-6-10-17(19)20(18)25-11-7-9-16(13-25)24-21(26)14(2)3/h6,8,10,12,14,16H,5,7,9,11,13H2,1-4H3,(H,24,26). The largest absolute Gasteiger partial charge is 0.462 e. The summed E-state index contributed by atoms with van der Waals surface area (Å²) in [5.41, 5.74) is 3.29. The average molecular weight is 383 g/mol. The zero-order valence-corrected chi connectivity index (χ0v) is 17.1. The summed E-state index contributed by atoms with van der Waals surface area (Å²) in [7, 11) is 0. The van der Waals surface area contributed by atoms with Crippen molar-refractivity contribution in [3.05, 3.63) is 35.5 Å². The second-order valence-corrected chi connectivity index (χ2v) is 7.66. The first-order valence-corrected chi connectivity index (χ1v) is 10.0. The number of nitrogens with zero attached hydrogens (tertiary/aromatic N) is 2. The van der Waals surface area contributed by atoms with Crippen LogP contribution in [-0.2, 0) is 9.53 Å². The van der Waals surface area contributed by atoms with E-state index in [2.05, 4.69) is 15.2 Å². The summed E-state index contributed by atoms with van der Waals surface area (Å²) in [6, 6.07) is 6.07. The Bertz CT molecular complexity index is 879. The van der Waals surface area contributed by atoms with Crippen LogP contribution in [0.15, 0.2) is 24.4 Å². The molecule has 2 heterocycles. The Kier molecular flexibility index (Phi) is 6.17. The van der Waals surface area contributed by atoms with Gasteiger partial charge in [-0.25, -0.2) is 4.79 Å². The summed E-state index contributed by atoms with van der Waals surface area (Å²) < 4.78 is 5.29. The summed E-state index contributed by atoms with van der Waals surface area (Å²) in [4.78, 5) is 31.5. The van der Waals surface area contributed by atoms with Crippen molar-refractivity contribution in [2.24, 2.45) is 5.92 Å². The van der Waals surface area contributed by atoms with E-state index in [4.69, 9.17) is 4.74 Å². The molecular formula is C22H29N3O3. The van der Waals surface area contributed by atoms with Gasteiger partial charge in [0.2, 0.25) is 5.91 Å². The third kappa shape index (κ3) is 4.11. The summed E-state index contributed by atoms with van der Waals surface area (Å²) >= 11 is 0. The van der Waals surface area contributed by atoms with Crippen molar-refractivity contribution in [2.75, 3.05) is 24.6 Å². The predicted octanol–water partition coefficient (Wildman–Crippen LogP) is 3.46. The van der Waals surface area contributed by atoms with Gasteiger partial charge >= 0.3 is 5.97 Å². The lowest BCUT2D eigenvalue weighted by atomic mass is 10.00. The number of hydrogen-bond acceptors (Lipinski definition) is 5. The van der Waals surface area contributed by atoms with Crippen molar-refractivity contribution in [3.8, 4) is 0 Å². The molecule has 1 fully saturated rings. The number of fused-ring (bicyclic) bond motifs is 1. The molecule has 28 heavy (non-hydrogen) atoms. The molecule has 0 bridgehead atoms. The number of esters is 1. The molecule has 1 amide bonds. The topological polar surface area (TPSA) is 71.5 Å². The van der Waals surface area contributed by atoms with Crippen LogP contribution in [-0.4, -0.2) is 42.6 Å². The van der Waals surface area contributed by atoms with Crippen molar-refractivity contribution in [1.82, 2.24) is 10.3 Å². The molecule has 0 aliphatic carbocycles. The number of nitrogens with one attached hydrogen (secondary N) is 1. The Labute approximate surface area is 166 Å². The Morgan fingerprint density at radius 1 is 1.36 bits per heavy atom. The minimum atomic E-state index is -0.359. The van der Waals surface area contributed by atoms with Gasteiger partial charge in [-0.15, -0.1) is 0 Å². The van der Waals surface area contributed by atoms with Crippen LogP contribution in [0.4, 0.5) is 5.69 Å². The first-order valence-electron chi connectivity index (χ1n) is 10.0. The monoisotopic (exact) mass is 383 g/mol. The first kappa shape index (κ1) is 20.1. The van der Waals surface area contributed by atoms with E-state index in [1.165, 1.54) is 0 Å². The van der Waals surface area contributed by atoms with E-state index in [-0.39, 0.29) is 23.8 Å². The Balaban J connectivity index is 2.01. The van der Waals surface area contributed by atoms with Crippen LogP contribution in [0.2, 0.25) is 0 Å². The Morgan fingerprint density at radius 3 is 2.86 bits per heavy atom. The minimum absolute atomic E-state index is 0.0464. The molecule has 1 atom stereocenters. The van der Waals surface area contributed by atoms with Gasteiger partial charge in [-0.3, -0.25) is 9.78 Å². The molecule has 1 aromatic carbocycles. The molecule has 150 valence electrons. The maximum absolute atomic E-state index is 12.6. The van der Waals surface area contributed by atoms with Gasteiger partial charge in [0.1, 0.15) is 5.56 Å². The van der Waals surface area contributed by atoms with Crippen LogP contribution in [0, 0.1) is 12.8 Å². The second-order valence-electron chi connectivity index (χ2n) is 7.66. The van der Waals surface area contributed by atoms with E-state index in [9.17, 15) is 9.59 Å². The molecule has 1 aromatic heterocycles. The molecule has 1 N–H and O–H groups in total. The number of carbonyl (C=O) groups excluding carboxylic acids is 2. The number of piperidine rings is 1. The van der Waals surface area contributed by atoms with E-state index < -0.39 is 0 Å². The molecule has 1 saturated heterocycles. The number of pyridine rings is 1. The lowest BCUT2D eigenvalue weighted by molar-refractivity contribution is -0.124. The highest BCUT2D eigenvalue weighted by molar-refractivity contribution is 6.06. The number of anilines is 1. The fourth-order valence-electron chi connectivity index (χ4n) is 3.72. The van der Waals surface area contributed by atoms with Crippen LogP contribution in [0.25, 0.3) is 10.9 Å². The number of ether oxygens (including phenoxy) is 1. The molecule has 6 nitrogen and oxygen atoms in total. The predicted molar refractivity (Wildman–Crippen MR) is 111 cm³/mol. The summed E-state index contributed by atoms with van der Waals surface area (Å²) in [6.45, 7) is 9.42. The van der Waals surface area contributed by atoms with Gasteiger partial charge in [0.05, 0.1) is 17.8 Å². The fourth-order valence-corrected chi connectivity index (χ4v) is 3.72. The number of hydrogen-bond donors (Lipinski definition) is 1. The van der Waals surface area contributed by atoms with Crippen molar-refractivity contribution in [3.63, 3.8) is 0 Å². The maximum Gasteiger partial charge on any atom is 0.341 e. The SMILES string of the molecule is CCOC(=O)c1cnc2c(C)cccc2c1N1CCCC(NC(=O)C(C)C)C1. The van der Waals surface area contributed by atoms with Crippen molar-refractivity contribution >= 4 is 28.5 Å². The summed E-state index contributed by atoms with van der Waals surface area (Å²) in [5, 5.41) is 4.08. The molecular weight excluding hydrogens is 354 g/mol. The van der Waals surface area contributed by atoms with E-state index in [0.717, 1.165) is 41.5 Å². The van der Waals surface area contributed by atoms with Crippen LogP contribution in [0.1, 0.15) is 49.5 Å². The second kappa shape index (κ2) is 8.59. The van der Waals surface area contributed by atoms with Gasteiger partial charge < -0.3 is 15.0 Å². The van der Waals surface area contributed by atoms with Crippen LogP contribution in [0.3, 0.4) is 0 Å². The van der Waals surface area contributed by atoms with Crippen LogP contribution < -0.4 is 10.2 Å². The van der Waals surface area contributed by atoms with Gasteiger partial charge in [-0.1, -0.05) is 32.0 Å². The number of rotatable bonds is 5. The highest BCUT2D eigenvalue weighted by Gasteiger charge is 2.27. The van der Waals surface area contributed by atoms with E-state index >= 15 is 0 Å². The van der Waals surface area contributed by atoms with Crippen LogP contribution in [0.5, 0.6) is 0 Å². The fraction of sp³-hybridized carbons (Fsp3) is 0.500. The molecule has 0 saturated carbocycles. The number of aryl methyl sites for hydroxylation is 1. The van der Waals surface area contributed by atoms with Gasteiger partial charge in [0.25, 0.3) is 0 Å². The third-order valence-electron chi connectivity index (χ3n) is 5.17. The first-order chi connectivity index (χ1) is 13.4. The number of aromatic nitrogens is 1. The zero-order valence-electron chi connectivity index (χ0n) is 17.1. The van der Waals surface area contributed by atoms with Gasteiger partial charge in [-0.05, 0) is 32.3 Å². The molecule has 6 heteroatoms. The van der Waals surface area contributed by atoms with Crippen molar-refractivity contribution < 1.29 is 14.3 Å². The van der Waals surface area contributed by atoms with Crippen molar-refractivity contribution in [2.45, 2.75) is 46.6 Å².